The Hall–Kier alpha value is -3.49. The minimum atomic E-state index is -0.395. The summed E-state index contributed by atoms with van der Waals surface area (Å²) < 4.78 is 14.2. The molecule has 1 saturated carbocycles. The van der Waals surface area contributed by atoms with Gasteiger partial charge in [-0.1, -0.05) is 42.2 Å². The van der Waals surface area contributed by atoms with Gasteiger partial charge in [0, 0.05) is 11.1 Å². The van der Waals surface area contributed by atoms with E-state index in [9.17, 15) is 4.39 Å². The monoisotopic (exact) mass is 407 g/mol. The smallest absolute Gasteiger partial charge is 0.139 e. The molecule has 1 aliphatic rings. The lowest BCUT2D eigenvalue weighted by molar-refractivity contribution is 0.625. The number of hydrogen-bond acceptors (Lipinski definition) is 2. The molecule has 30 heavy (non-hydrogen) atoms. The second kappa shape index (κ2) is 9.34. The van der Waals surface area contributed by atoms with Crippen LogP contribution in [0.2, 0.25) is 0 Å². The van der Waals surface area contributed by atoms with E-state index in [4.69, 9.17) is 0 Å². The minimum absolute atomic E-state index is 0.276. The number of benzene rings is 3. The first-order valence-electron chi connectivity index (χ1n) is 9.80. The molecular weight excluding hydrogens is 389 g/mol. The molecule has 1 aliphatic carbocycles. The van der Waals surface area contributed by atoms with Crippen LogP contribution < -0.4 is 0 Å². The molecule has 0 bridgehead atoms. The van der Waals surface area contributed by atoms with E-state index in [1.165, 1.54) is 30.9 Å². The molecular formula is C27H18FNS. The Kier molecular flexibility index (Phi) is 6.17. The highest BCUT2D eigenvalue weighted by molar-refractivity contribution is 7.78. The molecule has 0 spiro atoms. The fourth-order valence-corrected chi connectivity index (χ4v) is 3.22. The van der Waals surface area contributed by atoms with Crippen molar-refractivity contribution in [3.63, 3.8) is 0 Å². The number of rotatable bonds is 3. The number of halogens is 1. The van der Waals surface area contributed by atoms with Crippen molar-refractivity contribution in [1.29, 1.82) is 0 Å². The first-order valence-corrected chi connectivity index (χ1v) is 10.2. The fraction of sp³-hybridized carbons (Fsp3) is 0.148. The van der Waals surface area contributed by atoms with Gasteiger partial charge in [-0.15, -0.1) is 4.99 Å². The van der Waals surface area contributed by atoms with Crippen molar-refractivity contribution >= 4 is 17.4 Å². The lowest BCUT2D eigenvalue weighted by Crippen LogP contribution is -1.87. The van der Waals surface area contributed by atoms with Crippen LogP contribution in [0.1, 0.15) is 35.1 Å². The summed E-state index contributed by atoms with van der Waals surface area (Å²) in [7, 11) is 0. The lowest BCUT2D eigenvalue weighted by Gasteiger charge is -2.03. The molecule has 0 unspecified atom stereocenters. The van der Waals surface area contributed by atoms with Crippen LogP contribution in [0.3, 0.4) is 0 Å². The van der Waals surface area contributed by atoms with E-state index < -0.39 is 5.82 Å². The van der Waals surface area contributed by atoms with E-state index in [0.29, 0.717) is 0 Å². The van der Waals surface area contributed by atoms with Gasteiger partial charge in [0.15, 0.2) is 0 Å². The van der Waals surface area contributed by atoms with Crippen LogP contribution in [0.4, 0.5) is 4.39 Å². The van der Waals surface area contributed by atoms with Crippen LogP contribution in [-0.4, -0.2) is 5.16 Å². The van der Waals surface area contributed by atoms with Gasteiger partial charge in [0.05, 0.1) is 16.8 Å². The summed E-state index contributed by atoms with van der Waals surface area (Å²) in [5, 5.41) is 2.13. The largest absolute Gasteiger partial charge is 0.206 e. The van der Waals surface area contributed by atoms with Crippen LogP contribution in [-0.2, 0) is 6.42 Å². The second-order valence-electron chi connectivity index (χ2n) is 7.31. The standard InChI is InChI=1S/C27H18FNS/c28-27-18-26(14-13-25(27)15-16-29-19-30)24-11-9-21(10-12-24)2-1-20-3-5-22(6-4-20)17-23-7-8-23/h3-6,9-14,18,23H,7-8,17H2. The molecule has 0 N–H and O–H groups in total. The first-order chi connectivity index (χ1) is 14.7. The molecule has 0 amide bonds. The summed E-state index contributed by atoms with van der Waals surface area (Å²) >= 11 is 4.44. The Balaban J connectivity index is 1.45. The Bertz CT molecular complexity index is 1220. The van der Waals surface area contributed by atoms with Gasteiger partial charge in [-0.25, -0.2) is 4.39 Å². The average Bonchev–Trinajstić information content (AvgIpc) is 3.59. The molecule has 1 fully saturated rings. The molecule has 3 heteroatoms. The summed E-state index contributed by atoms with van der Waals surface area (Å²) in [5.41, 5.74) is 5.29. The molecule has 0 saturated heterocycles. The fourth-order valence-electron chi connectivity index (χ4n) is 3.18. The predicted octanol–water partition coefficient (Wildman–Crippen LogP) is 6.26. The van der Waals surface area contributed by atoms with Crippen LogP contribution in [0, 0.1) is 35.5 Å². The maximum absolute atomic E-state index is 14.2. The molecule has 3 aromatic carbocycles. The Morgan fingerprint density at radius 1 is 0.833 bits per heavy atom. The summed E-state index contributed by atoms with van der Waals surface area (Å²) in [6.07, 6.45) is 3.92. The Labute approximate surface area is 181 Å². The van der Waals surface area contributed by atoms with E-state index in [0.717, 1.165) is 28.2 Å². The third kappa shape index (κ3) is 5.31. The van der Waals surface area contributed by atoms with Crippen molar-refractivity contribution in [2.75, 3.05) is 0 Å². The number of isothiocyanates is 1. The Morgan fingerprint density at radius 2 is 1.47 bits per heavy atom. The molecule has 144 valence electrons. The summed E-state index contributed by atoms with van der Waals surface area (Å²) in [6.45, 7) is 0. The van der Waals surface area contributed by atoms with Gasteiger partial charge in [-0.3, -0.25) is 0 Å². The molecule has 0 heterocycles. The van der Waals surface area contributed by atoms with Gasteiger partial charge in [-0.05, 0) is 96.4 Å². The molecule has 0 aromatic heterocycles. The molecule has 0 atom stereocenters. The van der Waals surface area contributed by atoms with Gasteiger partial charge in [-0.2, -0.15) is 0 Å². The number of thiocarbonyl (C=S) groups is 1. The lowest BCUT2D eigenvalue weighted by atomic mass is 10.0. The van der Waals surface area contributed by atoms with E-state index in [-0.39, 0.29) is 5.56 Å². The SMILES string of the molecule is Fc1cc(-c2ccc(C#Cc3ccc(CC4CC4)cc3)cc2)ccc1C#CN=C=S. The zero-order valence-corrected chi connectivity index (χ0v) is 17.1. The number of nitrogens with zero attached hydrogens (tertiary/aromatic N) is 1. The summed E-state index contributed by atoms with van der Waals surface area (Å²) in [4.78, 5) is 3.48. The molecule has 0 aliphatic heterocycles. The zero-order valence-electron chi connectivity index (χ0n) is 16.3. The van der Waals surface area contributed by atoms with Crippen LogP contribution in [0.5, 0.6) is 0 Å². The highest BCUT2D eigenvalue weighted by atomic mass is 32.1. The van der Waals surface area contributed by atoms with Crippen molar-refractivity contribution in [3.8, 4) is 34.9 Å². The zero-order chi connectivity index (χ0) is 20.8. The maximum atomic E-state index is 14.2. The topological polar surface area (TPSA) is 12.4 Å². The van der Waals surface area contributed by atoms with Crippen LogP contribution in [0.15, 0.2) is 71.7 Å². The van der Waals surface area contributed by atoms with Gasteiger partial charge in [0.2, 0.25) is 0 Å². The van der Waals surface area contributed by atoms with Crippen molar-refractivity contribution < 1.29 is 4.39 Å². The molecule has 0 radical (unpaired) electrons. The third-order valence-corrected chi connectivity index (χ3v) is 5.10. The van der Waals surface area contributed by atoms with Gasteiger partial charge in [0.25, 0.3) is 0 Å². The van der Waals surface area contributed by atoms with E-state index >= 15 is 0 Å². The minimum Gasteiger partial charge on any atom is -0.206 e. The van der Waals surface area contributed by atoms with Crippen molar-refractivity contribution in [3.05, 3.63) is 94.8 Å². The van der Waals surface area contributed by atoms with Crippen molar-refractivity contribution in [1.82, 2.24) is 0 Å². The Morgan fingerprint density at radius 3 is 2.07 bits per heavy atom. The normalized spacial score (nSPS) is 12.0. The van der Waals surface area contributed by atoms with Crippen molar-refractivity contribution in [2.24, 2.45) is 10.9 Å². The molecule has 1 nitrogen and oxygen atoms in total. The van der Waals surface area contributed by atoms with E-state index in [1.54, 1.807) is 6.07 Å². The highest BCUT2D eigenvalue weighted by Gasteiger charge is 2.21. The molecule has 3 aromatic rings. The first kappa shape index (κ1) is 19.8. The maximum Gasteiger partial charge on any atom is 0.139 e. The third-order valence-electron chi connectivity index (χ3n) is 5.01. The van der Waals surface area contributed by atoms with Gasteiger partial charge >= 0.3 is 0 Å². The van der Waals surface area contributed by atoms with Crippen LogP contribution in [0.25, 0.3) is 11.1 Å². The molecule has 4 rings (SSSR count). The van der Waals surface area contributed by atoms with E-state index in [1.807, 2.05) is 30.3 Å². The highest BCUT2D eigenvalue weighted by Crippen LogP contribution is 2.32. The van der Waals surface area contributed by atoms with Crippen LogP contribution >= 0.6 is 12.2 Å². The van der Waals surface area contributed by atoms with Gasteiger partial charge < -0.3 is 0 Å². The summed E-state index contributed by atoms with van der Waals surface area (Å²) in [5.74, 6) is 9.51. The van der Waals surface area contributed by atoms with Gasteiger partial charge in [0.1, 0.15) is 5.82 Å². The quantitative estimate of drug-likeness (QED) is 0.284. The number of hydrogen-bond donors (Lipinski definition) is 0. The van der Waals surface area contributed by atoms with Crippen molar-refractivity contribution in [2.45, 2.75) is 19.3 Å². The second-order valence-corrected chi connectivity index (χ2v) is 7.49. The number of aliphatic imine (C=N–C) groups is 1. The predicted molar refractivity (Wildman–Crippen MR) is 123 cm³/mol. The summed E-state index contributed by atoms with van der Waals surface area (Å²) in [6, 6.07) is 23.7. The van der Waals surface area contributed by atoms with E-state index in [2.05, 4.69) is 70.4 Å². The average molecular weight is 408 g/mol.